The van der Waals surface area contributed by atoms with Gasteiger partial charge in [-0.1, -0.05) is 0 Å². The number of H-pyrrole nitrogens is 1. The maximum atomic E-state index is 9.88. The molecule has 2 N–H and O–H groups in total. The number of aryl methyl sites for hydroxylation is 1. The van der Waals surface area contributed by atoms with Crippen LogP contribution in [-0.2, 0) is 11.3 Å². The monoisotopic (exact) mass is 435 g/mol. The van der Waals surface area contributed by atoms with Crippen molar-refractivity contribution in [2.45, 2.75) is 45.3 Å². The van der Waals surface area contributed by atoms with Crippen molar-refractivity contribution in [1.82, 2.24) is 19.9 Å². The second-order valence-electron chi connectivity index (χ2n) is 9.09. The number of rotatable bonds is 4. The number of aliphatic hydroxyl groups is 1. The van der Waals surface area contributed by atoms with E-state index in [0.29, 0.717) is 0 Å². The largest absolute Gasteiger partial charge is 0.393 e. The first kappa shape index (κ1) is 21.4. The number of aromatic amines is 1. The minimum atomic E-state index is -0.142. The van der Waals surface area contributed by atoms with Gasteiger partial charge in [-0.3, -0.25) is 9.88 Å². The van der Waals surface area contributed by atoms with Crippen LogP contribution in [0.1, 0.15) is 37.1 Å². The third kappa shape index (κ3) is 4.80. The first-order chi connectivity index (χ1) is 15.7. The Bertz CT molecular complexity index is 1030. The molecule has 0 aliphatic carbocycles. The number of fused-ring (bicyclic) bond motifs is 1. The van der Waals surface area contributed by atoms with Crippen LogP contribution in [0.25, 0.3) is 22.2 Å². The van der Waals surface area contributed by atoms with Crippen molar-refractivity contribution in [3.63, 3.8) is 0 Å². The SMILES string of the molecule is Cc1cc2[nH]c(CN3CCOCC3)cc2c(-c2ccc(N3CCCC(O)CCC3)nc2)n1. The predicted molar refractivity (Wildman–Crippen MR) is 127 cm³/mol. The number of aromatic nitrogens is 3. The lowest BCUT2D eigenvalue weighted by Crippen LogP contribution is -2.35. The number of ether oxygens (including phenoxy) is 1. The fraction of sp³-hybridized carbons (Fsp3) is 0.520. The second-order valence-corrected chi connectivity index (χ2v) is 9.09. The van der Waals surface area contributed by atoms with E-state index in [0.717, 1.165) is 105 Å². The third-order valence-corrected chi connectivity index (χ3v) is 6.57. The van der Waals surface area contributed by atoms with E-state index in [2.05, 4.69) is 39.0 Å². The molecule has 170 valence electrons. The number of anilines is 1. The van der Waals surface area contributed by atoms with Crippen LogP contribution in [0.5, 0.6) is 0 Å². The maximum absolute atomic E-state index is 9.88. The van der Waals surface area contributed by atoms with Crippen molar-refractivity contribution >= 4 is 16.7 Å². The average Bonchev–Trinajstić information content (AvgIpc) is 3.18. The van der Waals surface area contributed by atoms with Gasteiger partial charge in [0.15, 0.2) is 0 Å². The molecule has 0 aromatic carbocycles. The van der Waals surface area contributed by atoms with Crippen LogP contribution in [0.3, 0.4) is 0 Å². The molecule has 0 saturated carbocycles. The molecule has 2 aliphatic rings. The fourth-order valence-electron chi connectivity index (χ4n) is 4.86. The van der Waals surface area contributed by atoms with E-state index in [-0.39, 0.29) is 6.10 Å². The number of pyridine rings is 2. The number of morpholine rings is 1. The van der Waals surface area contributed by atoms with Gasteiger partial charge in [0, 0.05) is 66.8 Å². The van der Waals surface area contributed by atoms with Crippen LogP contribution >= 0.6 is 0 Å². The van der Waals surface area contributed by atoms with Gasteiger partial charge in [0.1, 0.15) is 5.82 Å². The second kappa shape index (κ2) is 9.57. The number of hydrogen-bond donors (Lipinski definition) is 2. The summed E-state index contributed by atoms with van der Waals surface area (Å²) in [5.41, 5.74) is 5.37. The first-order valence-electron chi connectivity index (χ1n) is 11.8. The fourth-order valence-corrected chi connectivity index (χ4v) is 4.86. The van der Waals surface area contributed by atoms with E-state index < -0.39 is 0 Å². The molecule has 2 saturated heterocycles. The minimum Gasteiger partial charge on any atom is -0.393 e. The molecule has 0 radical (unpaired) electrons. The Morgan fingerprint density at radius 3 is 2.59 bits per heavy atom. The van der Waals surface area contributed by atoms with Gasteiger partial charge in [-0.15, -0.1) is 0 Å². The molecular formula is C25H33N5O2. The lowest BCUT2D eigenvalue weighted by Gasteiger charge is -2.27. The zero-order valence-electron chi connectivity index (χ0n) is 18.9. The molecular weight excluding hydrogens is 402 g/mol. The summed E-state index contributed by atoms with van der Waals surface area (Å²) in [5.74, 6) is 1.01. The van der Waals surface area contributed by atoms with Gasteiger partial charge >= 0.3 is 0 Å². The highest BCUT2D eigenvalue weighted by Gasteiger charge is 2.17. The molecule has 0 atom stereocenters. The third-order valence-electron chi connectivity index (χ3n) is 6.57. The van der Waals surface area contributed by atoms with Gasteiger partial charge in [0.25, 0.3) is 0 Å². The molecule has 5 rings (SSSR count). The van der Waals surface area contributed by atoms with Crippen molar-refractivity contribution in [2.24, 2.45) is 0 Å². The maximum Gasteiger partial charge on any atom is 0.128 e. The van der Waals surface area contributed by atoms with E-state index in [9.17, 15) is 5.11 Å². The molecule has 32 heavy (non-hydrogen) atoms. The highest BCUT2D eigenvalue weighted by Crippen LogP contribution is 2.29. The van der Waals surface area contributed by atoms with Crippen LogP contribution in [-0.4, -0.2) is 70.5 Å². The van der Waals surface area contributed by atoms with Crippen LogP contribution in [0.2, 0.25) is 0 Å². The van der Waals surface area contributed by atoms with E-state index in [1.807, 2.05) is 13.1 Å². The zero-order chi connectivity index (χ0) is 21.9. The number of nitrogens with one attached hydrogen (secondary N) is 1. The summed E-state index contributed by atoms with van der Waals surface area (Å²) >= 11 is 0. The molecule has 2 fully saturated rings. The van der Waals surface area contributed by atoms with E-state index in [1.165, 1.54) is 5.69 Å². The zero-order valence-corrected chi connectivity index (χ0v) is 18.9. The summed E-state index contributed by atoms with van der Waals surface area (Å²) in [4.78, 5) is 18.0. The summed E-state index contributed by atoms with van der Waals surface area (Å²) in [7, 11) is 0. The van der Waals surface area contributed by atoms with Crippen LogP contribution < -0.4 is 4.90 Å². The quantitative estimate of drug-likeness (QED) is 0.653. The number of aliphatic hydroxyl groups excluding tert-OH is 1. The van der Waals surface area contributed by atoms with Crippen molar-refractivity contribution in [3.05, 3.63) is 41.9 Å². The van der Waals surface area contributed by atoms with Gasteiger partial charge in [0.2, 0.25) is 0 Å². The molecule has 3 aromatic rings. The number of hydrogen-bond acceptors (Lipinski definition) is 6. The molecule has 0 spiro atoms. The number of nitrogens with zero attached hydrogens (tertiary/aromatic N) is 4. The summed E-state index contributed by atoms with van der Waals surface area (Å²) < 4.78 is 5.48. The minimum absolute atomic E-state index is 0.142. The van der Waals surface area contributed by atoms with Crippen molar-refractivity contribution in [3.8, 4) is 11.3 Å². The normalized spacial score (nSPS) is 19.2. The van der Waals surface area contributed by atoms with Crippen LogP contribution in [0, 0.1) is 6.92 Å². The summed E-state index contributed by atoms with van der Waals surface area (Å²) in [6.45, 7) is 8.39. The summed E-state index contributed by atoms with van der Waals surface area (Å²) in [5, 5.41) is 11.0. The molecule has 0 bridgehead atoms. The van der Waals surface area contributed by atoms with Gasteiger partial charge in [-0.25, -0.2) is 4.98 Å². The highest BCUT2D eigenvalue weighted by atomic mass is 16.5. The Morgan fingerprint density at radius 2 is 1.88 bits per heavy atom. The lowest BCUT2D eigenvalue weighted by molar-refractivity contribution is 0.0337. The molecule has 2 aliphatic heterocycles. The Kier molecular flexibility index (Phi) is 6.39. The summed E-state index contributed by atoms with van der Waals surface area (Å²) in [6.07, 6.45) is 5.57. The molecule has 7 nitrogen and oxygen atoms in total. The average molecular weight is 436 g/mol. The van der Waals surface area contributed by atoms with Crippen molar-refractivity contribution in [2.75, 3.05) is 44.3 Å². The van der Waals surface area contributed by atoms with Gasteiger partial charge in [-0.05, 0) is 56.9 Å². The Morgan fingerprint density at radius 1 is 1.09 bits per heavy atom. The van der Waals surface area contributed by atoms with Crippen LogP contribution in [0.4, 0.5) is 5.82 Å². The Labute approximate surface area is 189 Å². The van der Waals surface area contributed by atoms with E-state index in [4.69, 9.17) is 14.7 Å². The van der Waals surface area contributed by atoms with Crippen molar-refractivity contribution < 1.29 is 9.84 Å². The van der Waals surface area contributed by atoms with Crippen LogP contribution in [0.15, 0.2) is 30.5 Å². The molecule has 3 aromatic heterocycles. The smallest absolute Gasteiger partial charge is 0.128 e. The summed E-state index contributed by atoms with van der Waals surface area (Å²) in [6, 6.07) is 8.62. The molecule has 7 heteroatoms. The van der Waals surface area contributed by atoms with E-state index in [1.54, 1.807) is 0 Å². The lowest BCUT2D eigenvalue weighted by atomic mass is 10.1. The van der Waals surface area contributed by atoms with Gasteiger partial charge < -0.3 is 19.7 Å². The standard InChI is InChI=1S/C25H33N5O2/c1-18-14-23-22(15-20(28-23)17-29-10-12-32-13-11-29)25(27-18)19-6-7-24(26-16-19)30-8-2-4-21(31)5-3-9-30/h6-7,14-16,21,28,31H,2-5,8-13,17H2,1H3. The molecule has 0 amide bonds. The predicted octanol–water partition coefficient (Wildman–Crippen LogP) is 3.51. The highest BCUT2D eigenvalue weighted by molar-refractivity contribution is 5.93. The Balaban J connectivity index is 1.38. The first-order valence-corrected chi connectivity index (χ1v) is 11.8. The Hall–Kier alpha value is -2.48. The van der Waals surface area contributed by atoms with Gasteiger partial charge in [0.05, 0.1) is 25.0 Å². The molecule has 5 heterocycles. The molecule has 0 unspecified atom stereocenters. The van der Waals surface area contributed by atoms with E-state index >= 15 is 0 Å². The topological polar surface area (TPSA) is 77.5 Å². The van der Waals surface area contributed by atoms with Crippen molar-refractivity contribution in [1.29, 1.82) is 0 Å². The van der Waals surface area contributed by atoms with Gasteiger partial charge in [-0.2, -0.15) is 0 Å².